The molecule has 0 fully saturated rings. The Morgan fingerprint density at radius 2 is 1.25 bits per heavy atom. The molecule has 6 nitrogen and oxygen atoms in total. The molecule has 0 aliphatic carbocycles. The molecule has 54 valence electrons. The first-order chi connectivity index (χ1) is 4.00. The molecule has 0 saturated heterocycles. The Morgan fingerprint density at radius 3 is 1.25 bits per heavy atom. The van der Waals surface area contributed by atoms with E-state index in [1.165, 1.54) is 6.92 Å². The third-order valence-corrected chi connectivity index (χ3v) is 0.258. The molecule has 0 N–H and O–H groups in total. The summed E-state index contributed by atoms with van der Waals surface area (Å²) in [5.74, 6) is 0. The minimum absolute atomic E-state index is 0. The Morgan fingerprint density at radius 1 is 1.17 bits per heavy atom. The zero-order valence-electron chi connectivity index (χ0n) is 7.77. The monoisotopic (exact) mass is 203 g/mol. The molecule has 0 aromatic heterocycles. The molecule has 0 atom stereocenters. The number of nitrogens with zero attached hydrogens (tertiary/aromatic N) is 1. The van der Waals surface area contributed by atoms with E-state index >= 15 is 0 Å². The van der Waals surface area contributed by atoms with Crippen molar-refractivity contribution in [1.82, 2.24) is 0 Å². The minimum atomic E-state index is -2.92. The van der Waals surface area contributed by atoms with Crippen molar-refractivity contribution in [2.45, 2.75) is 6.92 Å². The molecule has 0 aliphatic rings. The molecule has 0 heterocycles. The van der Waals surface area contributed by atoms with Crippen molar-refractivity contribution in [3.63, 3.8) is 0 Å². The van der Waals surface area contributed by atoms with E-state index in [-0.39, 0.29) is 100 Å². The van der Waals surface area contributed by atoms with Gasteiger partial charge in [0.25, 0.3) is 0 Å². The summed E-state index contributed by atoms with van der Waals surface area (Å²) in [5.41, 5.74) is 0. The normalized spacial score (nSPS) is 5.33. The zero-order chi connectivity index (χ0) is 7.86. The molecule has 0 radical (unpaired) electrons. The Hall–Kier alpha value is 2.34. The van der Waals surface area contributed by atoms with Gasteiger partial charge >= 0.3 is 88.7 Å². The molecular formula is C2H5BNNa3O5. The number of nitro groups is 1. The van der Waals surface area contributed by atoms with Crippen LogP contribution in [0.15, 0.2) is 0 Å². The van der Waals surface area contributed by atoms with Gasteiger partial charge in [-0.2, -0.15) is 0 Å². The Bertz CT molecular complexity index is 82.3. The molecule has 12 heavy (non-hydrogen) atoms. The van der Waals surface area contributed by atoms with Crippen LogP contribution in [-0.2, 0) is 0 Å². The molecule has 10 heteroatoms. The zero-order valence-corrected chi connectivity index (χ0v) is 13.8. The van der Waals surface area contributed by atoms with E-state index in [1.54, 1.807) is 0 Å². The van der Waals surface area contributed by atoms with E-state index in [0.717, 1.165) is 0 Å². The van der Waals surface area contributed by atoms with Crippen LogP contribution < -0.4 is 104 Å². The van der Waals surface area contributed by atoms with E-state index in [2.05, 4.69) is 0 Å². The Kier molecular flexibility index (Phi) is 56.8. The van der Waals surface area contributed by atoms with Gasteiger partial charge < -0.3 is 15.1 Å². The van der Waals surface area contributed by atoms with Gasteiger partial charge in [-0.05, 0) is 0 Å². The standard InChI is InChI=1S/C2H5NO2.BO3.3Na/c1-2-3(4)5;2-1(3)4;;;/h2H2,1H3;;;;/q;-3;3*+1. The molecular weight excluding hydrogens is 198 g/mol. The van der Waals surface area contributed by atoms with Crippen LogP contribution in [0.3, 0.4) is 0 Å². The summed E-state index contributed by atoms with van der Waals surface area (Å²) in [6.45, 7) is 1.53. The first-order valence-corrected chi connectivity index (χ1v) is 2.10. The quantitative estimate of drug-likeness (QED) is 0.238. The number of hydrogen-bond donors (Lipinski definition) is 0. The van der Waals surface area contributed by atoms with Gasteiger partial charge in [0.15, 0.2) is 0 Å². The smallest absolute Gasteiger partial charge is 0.907 e. The fourth-order valence-electron chi connectivity index (χ4n) is 0. The van der Waals surface area contributed by atoms with Crippen LogP contribution in [0.5, 0.6) is 0 Å². The van der Waals surface area contributed by atoms with Crippen molar-refractivity contribution < 1.29 is 109 Å². The largest absolute Gasteiger partial charge is 1.00 e. The molecule has 0 spiro atoms. The molecule has 0 aromatic rings. The molecule has 0 bridgehead atoms. The summed E-state index contributed by atoms with van der Waals surface area (Å²) >= 11 is 0. The molecule has 0 rings (SSSR count). The van der Waals surface area contributed by atoms with Crippen molar-refractivity contribution >= 4 is 7.32 Å². The van der Waals surface area contributed by atoms with Gasteiger partial charge in [0.2, 0.25) is 6.54 Å². The van der Waals surface area contributed by atoms with Crippen LogP contribution in [-0.4, -0.2) is 18.8 Å². The van der Waals surface area contributed by atoms with Gasteiger partial charge in [0.1, 0.15) is 0 Å². The average Bonchev–Trinajstić information content (AvgIpc) is 1.65. The van der Waals surface area contributed by atoms with Gasteiger partial charge in [-0.15, -0.1) is 0 Å². The maximum Gasteiger partial charge on any atom is 1.00 e. The second kappa shape index (κ2) is 23.3. The Labute approximate surface area is 137 Å². The summed E-state index contributed by atoms with van der Waals surface area (Å²) in [6, 6.07) is 0. The van der Waals surface area contributed by atoms with Gasteiger partial charge in [0.05, 0.1) is 0 Å². The van der Waals surface area contributed by atoms with Crippen LogP contribution in [0, 0.1) is 10.1 Å². The molecule has 0 unspecified atom stereocenters. The maximum atomic E-state index is 9.17. The summed E-state index contributed by atoms with van der Waals surface area (Å²) in [5, 5.41) is 34.4. The van der Waals surface area contributed by atoms with E-state index in [4.69, 9.17) is 15.1 Å². The van der Waals surface area contributed by atoms with Crippen LogP contribution in [0.4, 0.5) is 0 Å². The van der Waals surface area contributed by atoms with Gasteiger partial charge in [-0.1, -0.05) is 0 Å². The summed E-state index contributed by atoms with van der Waals surface area (Å²) in [6.07, 6.45) is 0. The minimum Gasteiger partial charge on any atom is -0.907 e. The Balaban J connectivity index is -0.0000000221. The predicted octanol–water partition coefficient (Wildman–Crippen LogP) is -12.7. The number of hydrogen-bond acceptors (Lipinski definition) is 5. The molecule has 0 aliphatic heterocycles. The van der Waals surface area contributed by atoms with Gasteiger partial charge in [-0.3, -0.25) is 17.4 Å². The topological polar surface area (TPSA) is 112 Å². The third kappa shape index (κ3) is 84.2. The van der Waals surface area contributed by atoms with E-state index in [0.29, 0.717) is 0 Å². The SMILES string of the molecule is CC[N+](=O)[O-].[Na+].[Na+].[Na+].[O-]B([O-])[O-]. The van der Waals surface area contributed by atoms with E-state index in [9.17, 15) is 10.1 Å². The number of rotatable bonds is 1. The summed E-state index contributed by atoms with van der Waals surface area (Å²) in [7, 11) is -2.92. The average molecular weight is 203 g/mol. The van der Waals surface area contributed by atoms with Crippen LogP contribution in [0.2, 0.25) is 0 Å². The van der Waals surface area contributed by atoms with Crippen LogP contribution in [0.1, 0.15) is 6.92 Å². The first kappa shape index (κ1) is 29.3. The fourth-order valence-corrected chi connectivity index (χ4v) is 0. The maximum absolute atomic E-state index is 9.17. The van der Waals surface area contributed by atoms with Crippen LogP contribution >= 0.6 is 0 Å². The third-order valence-electron chi connectivity index (χ3n) is 0.258. The summed E-state index contributed by atoms with van der Waals surface area (Å²) < 4.78 is 0. The van der Waals surface area contributed by atoms with E-state index < -0.39 is 7.32 Å². The van der Waals surface area contributed by atoms with Crippen molar-refractivity contribution in [2.24, 2.45) is 0 Å². The van der Waals surface area contributed by atoms with Crippen molar-refractivity contribution in [2.75, 3.05) is 6.54 Å². The second-order valence-corrected chi connectivity index (χ2v) is 0.938. The first-order valence-electron chi connectivity index (χ1n) is 2.10. The van der Waals surface area contributed by atoms with Crippen molar-refractivity contribution in [3.05, 3.63) is 10.1 Å². The van der Waals surface area contributed by atoms with Gasteiger partial charge in [0, 0.05) is 11.8 Å². The van der Waals surface area contributed by atoms with Crippen molar-refractivity contribution in [1.29, 1.82) is 0 Å². The summed E-state index contributed by atoms with van der Waals surface area (Å²) in [4.78, 5) is 8.80. The fraction of sp³-hybridized carbons (Fsp3) is 1.00. The van der Waals surface area contributed by atoms with E-state index in [1.807, 2.05) is 0 Å². The second-order valence-electron chi connectivity index (χ2n) is 0.938. The molecule has 0 amide bonds. The van der Waals surface area contributed by atoms with Crippen LogP contribution in [0.25, 0.3) is 0 Å². The molecule has 0 aromatic carbocycles. The predicted molar refractivity (Wildman–Crippen MR) is 23.3 cm³/mol. The van der Waals surface area contributed by atoms with Crippen molar-refractivity contribution in [3.8, 4) is 0 Å². The molecule has 0 saturated carbocycles. The van der Waals surface area contributed by atoms with Gasteiger partial charge in [-0.25, -0.2) is 0 Å².